The number of pyridine rings is 1. The molecule has 0 saturated carbocycles. The Hall–Kier alpha value is -2.89. The molecule has 112 valence electrons. The molecule has 0 unspecified atom stereocenters. The maximum Gasteiger partial charge on any atom is 0.337 e. The molecule has 0 aliphatic heterocycles. The number of ether oxygens (including phenoxy) is 1. The molecule has 0 aliphatic carbocycles. The van der Waals surface area contributed by atoms with E-state index in [-0.39, 0.29) is 5.97 Å². The summed E-state index contributed by atoms with van der Waals surface area (Å²) in [6, 6.07) is 9.25. The summed E-state index contributed by atoms with van der Waals surface area (Å²) < 4.78 is 6.43. The molecule has 0 saturated heterocycles. The van der Waals surface area contributed by atoms with Crippen LogP contribution in [0.15, 0.2) is 42.7 Å². The molecule has 3 aromatic rings. The smallest absolute Gasteiger partial charge is 0.337 e. The third kappa shape index (κ3) is 2.63. The maximum absolute atomic E-state index is 11.4. The maximum atomic E-state index is 11.4. The average molecular weight is 296 g/mol. The Balaban J connectivity index is 1.75. The molecule has 0 bridgehead atoms. The second-order valence-corrected chi connectivity index (χ2v) is 4.91. The number of hydrogen-bond donors (Lipinski definition) is 1. The highest BCUT2D eigenvalue weighted by Crippen LogP contribution is 2.21. The van der Waals surface area contributed by atoms with Gasteiger partial charge in [-0.25, -0.2) is 9.78 Å². The number of aryl methyl sites for hydroxylation is 1. The number of anilines is 1. The Morgan fingerprint density at radius 1 is 1.27 bits per heavy atom. The summed E-state index contributed by atoms with van der Waals surface area (Å²) in [5.74, 6) is -0.328. The Kier molecular flexibility index (Phi) is 3.74. The number of fused-ring (bicyclic) bond motifs is 1. The number of nitrogens with zero attached hydrogens (tertiary/aromatic N) is 3. The van der Waals surface area contributed by atoms with Crippen molar-refractivity contribution >= 4 is 22.7 Å². The van der Waals surface area contributed by atoms with Crippen molar-refractivity contribution in [1.29, 1.82) is 0 Å². The fourth-order valence-corrected chi connectivity index (χ4v) is 2.27. The first-order valence-corrected chi connectivity index (χ1v) is 6.87. The topological polar surface area (TPSA) is 69.0 Å². The summed E-state index contributed by atoms with van der Waals surface area (Å²) in [6.45, 7) is 0.648. The molecule has 0 radical (unpaired) electrons. The Bertz CT molecular complexity index is 809. The molecule has 0 amide bonds. The molecule has 0 aliphatic rings. The monoisotopic (exact) mass is 296 g/mol. The van der Waals surface area contributed by atoms with Crippen molar-refractivity contribution in [3.63, 3.8) is 0 Å². The minimum absolute atomic E-state index is 0.328. The van der Waals surface area contributed by atoms with Crippen molar-refractivity contribution in [3.05, 3.63) is 53.9 Å². The van der Waals surface area contributed by atoms with E-state index in [0.717, 1.165) is 22.3 Å². The Labute approximate surface area is 127 Å². The summed E-state index contributed by atoms with van der Waals surface area (Å²) in [5.41, 5.74) is 3.44. The highest BCUT2D eigenvalue weighted by atomic mass is 16.5. The summed E-state index contributed by atoms with van der Waals surface area (Å²) in [4.78, 5) is 15.7. The van der Waals surface area contributed by atoms with Gasteiger partial charge in [-0.3, -0.25) is 4.68 Å². The number of nitrogens with one attached hydrogen (secondary N) is 1. The van der Waals surface area contributed by atoms with Crippen LogP contribution in [0.4, 0.5) is 5.69 Å². The van der Waals surface area contributed by atoms with Gasteiger partial charge in [0.15, 0.2) is 5.65 Å². The van der Waals surface area contributed by atoms with E-state index < -0.39 is 0 Å². The van der Waals surface area contributed by atoms with Crippen LogP contribution in [0.5, 0.6) is 0 Å². The van der Waals surface area contributed by atoms with Gasteiger partial charge in [-0.05, 0) is 23.8 Å². The van der Waals surface area contributed by atoms with Crippen LogP contribution in [0.2, 0.25) is 0 Å². The van der Waals surface area contributed by atoms with E-state index in [4.69, 9.17) is 0 Å². The molecular formula is C16H16N4O2. The molecule has 1 N–H and O–H groups in total. The van der Waals surface area contributed by atoms with Crippen LogP contribution in [-0.2, 0) is 18.3 Å². The van der Waals surface area contributed by atoms with Gasteiger partial charge >= 0.3 is 5.97 Å². The lowest BCUT2D eigenvalue weighted by Gasteiger charge is -2.08. The van der Waals surface area contributed by atoms with E-state index in [0.29, 0.717) is 12.1 Å². The van der Waals surface area contributed by atoms with Crippen LogP contribution >= 0.6 is 0 Å². The second kappa shape index (κ2) is 5.85. The fourth-order valence-electron chi connectivity index (χ4n) is 2.27. The standard InChI is InChI=1S/C16H16N4O2/c1-20-15-13(10-19-20)14(7-8-17-15)18-9-11-3-5-12(6-4-11)16(21)22-2/h3-8,10H,9H2,1-2H3,(H,17,18). The highest BCUT2D eigenvalue weighted by molar-refractivity contribution is 5.89. The van der Waals surface area contributed by atoms with Crippen LogP contribution in [-0.4, -0.2) is 27.8 Å². The number of benzene rings is 1. The van der Waals surface area contributed by atoms with E-state index in [1.807, 2.05) is 25.2 Å². The summed E-state index contributed by atoms with van der Waals surface area (Å²) in [6.07, 6.45) is 3.55. The van der Waals surface area contributed by atoms with Crippen LogP contribution in [0, 0.1) is 0 Å². The normalized spacial score (nSPS) is 10.6. The molecule has 3 rings (SSSR count). The van der Waals surface area contributed by atoms with Gasteiger partial charge in [0.05, 0.1) is 24.3 Å². The lowest BCUT2D eigenvalue weighted by atomic mass is 10.1. The lowest BCUT2D eigenvalue weighted by molar-refractivity contribution is 0.0600. The average Bonchev–Trinajstić information content (AvgIpc) is 2.95. The summed E-state index contributed by atoms with van der Waals surface area (Å²) in [5, 5.41) is 8.57. The summed E-state index contributed by atoms with van der Waals surface area (Å²) in [7, 11) is 3.24. The third-order valence-electron chi connectivity index (χ3n) is 3.49. The number of carbonyl (C=O) groups is 1. The zero-order valence-electron chi connectivity index (χ0n) is 12.4. The number of esters is 1. The molecule has 2 heterocycles. The van der Waals surface area contributed by atoms with Gasteiger partial charge in [0.1, 0.15) is 0 Å². The van der Waals surface area contributed by atoms with Gasteiger partial charge in [-0.1, -0.05) is 12.1 Å². The number of hydrogen-bond acceptors (Lipinski definition) is 5. The van der Waals surface area contributed by atoms with Gasteiger partial charge < -0.3 is 10.1 Å². The molecule has 0 spiro atoms. The quantitative estimate of drug-likeness (QED) is 0.749. The predicted octanol–water partition coefficient (Wildman–Crippen LogP) is 2.37. The van der Waals surface area contributed by atoms with Crippen molar-refractivity contribution < 1.29 is 9.53 Å². The SMILES string of the molecule is COC(=O)c1ccc(CNc2ccnc3c2cnn3C)cc1. The van der Waals surface area contributed by atoms with E-state index in [1.54, 1.807) is 29.2 Å². The van der Waals surface area contributed by atoms with Gasteiger partial charge in [0.2, 0.25) is 0 Å². The number of carbonyl (C=O) groups excluding carboxylic acids is 1. The van der Waals surface area contributed by atoms with E-state index >= 15 is 0 Å². The third-order valence-corrected chi connectivity index (χ3v) is 3.49. The zero-order chi connectivity index (χ0) is 15.5. The van der Waals surface area contributed by atoms with Crippen LogP contribution < -0.4 is 5.32 Å². The lowest BCUT2D eigenvalue weighted by Crippen LogP contribution is -2.03. The van der Waals surface area contributed by atoms with Gasteiger partial charge in [0.25, 0.3) is 0 Å². The van der Waals surface area contributed by atoms with Crippen LogP contribution in [0.25, 0.3) is 11.0 Å². The van der Waals surface area contributed by atoms with Gasteiger partial charge in [-0.2, -0.15) is 5.10 Å². The first-order chi connectivity index (χ1) is 10.7. The minimum Gasteiger partial charge on any atom is -0.465 e. The fraction of sp³-hybridized carbons (Fsp3) is 0.188. The van der Waals surface area contributed by atoms with E-state index in [2.05, 4.69) is 20.1 Å². The van der Waals surface area contributed by atoms with E-state index in [1.165, 1.54) is 7.11 Å². The van der Waals surface area contributed by atoms with Crippen molar-refractivity contribution in [2.24, 2.45) is 7.05 Å². The molecule has 2 aromatic heterocycles. The Morgan fingerprint density at radius 2 is 2.05 bits per heavy atom. The van der Waals surface area contributed by atoms with Crippen molar-refractivity contribution in [2.45, 2.75) is 6.54 Å². The zero-order valence-corrected chi connectivity index (χ0v) is 12.4. The molecular weight excluding hydrogens is 280 g/mol. The van der Waals surface area contributed by atoms with Gasteiger partial charge in [0, 0.05) is 25.5 Å². The first kappa shape index (κ1) is 14.1. The van der Waals surface area contributed by atoms with E-state index in [9.17, 15) is 4.79 Å². The van der Waals surface area contributed by atoms with Crippen LogP contribution in [0.1, 0.15) is 15.9 Å². The first-order valence-electron chi connectivity index (χ1n) is 6.87. The predicted molar refractivity (Wildman–Crippen MR) is 83.6 cm³/mol. The summed E-state index contributed by atoms with van der Waals surface area (Å²) >= 11 is 0. The number of methoxy groups -OCH3 is 1. The van der Waals surface area contributed by atoms with Crippen molar-refractivity contribution in [3.8, 4) is 0 Å². The molecule has 22 heavy (non-hydrogen) atoms. The largest absolute Gasteiger partial charge is 0.465 e. The second-order valence-electron chi connectivity index (χ2n) is 4.91. The molecule has 6 nitrogen and oxygen atoms in total. The van der Waals surface area contributed by atoms with Crippen molar-refractivity contribution in [1.82, 2.24) is 14.8 Å². The molecule has 0 atom stereocenters. The van der Waals surface area contributed by atoms with Crippen molar-refractivity contribution in [2.75, 3.05) is 12.4 Å². The molecule has 6 heteroatoms. The van der Waals surface area contributed by atoms with Crippen LogP contribution in [0.3, 0.4) is 0 Å². The molecule has 0 fully saturated rings. The number of aromatic nitrogens is 3. The highest BCUT2D eigenvalue weighted by Gasteiger charge is 2.07. The van der Waals surface area contributed by atoms with Gasteiger partial charge in [-0.15, -0.1) is 0 Å². The number of rotatable bonds is 4. The Morgan fingerprint density at radius 3 is 2.77 bits per heavy atom. The minimum atomic E-state index is -0.328. The molecule has 1 aromatic carbocycles.